The van der Waals surface area contributed by atoms with E-state index in [2.05, 4.69) is 20.9 Å². The summed E-state index contributed by atoms with van der Waals surface area (Å²) in [7, 11) is 0. The Labute approximate surface area is 151 Å². The first-order valence-corrected chi connectivity index (χ1v) is 8.47. The number of nitrogens with zero attached hydrogens (tertiary/aromatic N) is 2. The van der Waals surface area contributed by atoms with E-state index in [0.717, 1.165) is 21.1 Å². The second kappa shape index (κ2) is 5.89. The molecule has 0 saturated heterocycles. The van der Waals surface area contributed by atoms with E-state index in [4.69, 9.17) is 22.4 Å². The summed E-state index contributed by atoms with van der Waals surface area (Å²) in [5.41, 5.74) is 8.64. The van der Waals surface area contributed by atoms with E-state index in [1.54, 1.807) is 4.57 Å². The highest BCUT2D eigenvalue weighted by Crippen LogP contribution is 2.32. The van der Waals surface area contributed by atoms with E-state index in [9.17, 15) is 0 Å². The van der Waals surface area contributed by atoms with Gasteiger partial charge in [0.2, 0.25) is 10.5 Å². The SMILES string of the molecule is Nc1c2cc(-c3ccccc3)oc2nc(=S)n1-c1ccccc1Br. The van der Waals surface area contributed by atoms with Crippen LogP contribution >= 0.6 is 28.1 Å². The Morgan fingerprint density at radius 1 is 1.04 bits per heavy atom. The summed E-state index contributed by atoms with van der Waals surface area (Å²) in [6.07, 6.45) is 0. The van der Waals surface area contributed by atoms with Gasteiger partial charge in [-0.15, -0.1) is 0 Å². The quantitative estimate of drug-likeness (QED) is 0.462. The van der Waals surface area contributed by atoms with Crippen molar-refractivity contribution in [3.8, 4) is 17.0 Å². The van der Waals surface area contributed by atoms with Crippen molar-refractivity contribution in [3.63, 3.8) is 0 Å². The highest BCUT2D eigenvalue weighted by molar-refractivity contribution is 9.10. The van der Waals surface area contributed by atoms with E-state index >= 15 is 0 Å². The van der Waals surface area contributed by atoms with Gasteiger partial charge in [-0.2, -0.15) is 4.98 Å². The molecule has 4 aromatic rings. The number of hydrogen-bond acceptors (Lipinski definition) is 4. The zero-order valence-electron chi connectivity index (χ0n) is 12.4. The molecule has 0 fully saturated rings. The Morgan fingerprint density at radius 2 is 1.75 bits per heavy atom. The van der Waals surface area contributed by atoms with Gasteiger partial charge in [0.15, 0.2) is 0 Å². The van der Waals surface area contributed by atoms with Crippen LogP contribution in [0.3, 0.4) is 0 Å². The molecular weight excluding hydrogens is 386 g/mol. The van der Waals surface area contributed by atoms with E-state index < -0.39 is 0 Å². The molecule has 0 unspecified atom stereocenters. The summed E-state index contributed by atoms with van der Waals surface area (Å²) in [4.78, 5) is 4.41. The number of aromatic nitrogens is 2. The largest absolute Gasteiger partial charge is 0.437 e. The number of nitrogen functional groups attached to an aromatic ring is 1. The predicted molar refractivity (Wildman–Crippen MR) is 102 cm³/mol. The van der Waals surface area contributed by atoms with Gasteiger partial charge in [0.25, 0.3) is 0 Å². The van der Waals surface area contributed by atoms with Gasteiger partial charge in [-0.1, -0.05) is 42.5 Å². The monoisotopic (exact) mass is 397 g/mol. The number of nitrogens with two attached hydrogens (primary N) is 1. The summed E-state index contributed by atoms with van der Waals surface area (Å²) in [5.74, 6) is 1.21. The van der Waals surface area contributed by atoms with E-state index in [1.165, 1.54) is 0 Å². The van der Waals surface area contributed by atoms with Crippen molar-refractivity contribution in [3.05, 3.63) is 69.9 Å². The molecule has 2 heterocycles. The minimum atomic E-state index is 0.348. The molecule has 24 heavy (non-hydrogen) atoms. The van der Waals surface area contributed by atoms with Crippen molar-refractivity contribution in [1.82, 2.24) is 9.55 Å². The third-order valence-corrected chi connectivity index (χ3v) is 4.71. The molecule has 0 saturated carbocycles. The van der Waals surface area contributed by atoms with Crippen LogP contribution in [0.15, 0.2) is 69.6 Å². The third kappa shape index (κ3) is 2.44. The number of fused-ring (bicyclic) bond motifs is 1. The first-order valence-electron chi connectivity index (χ1n) is 7.27. The lowest BCUT2D eigenvalue weighted by Gasteiger charge is -2.12. The maximum absolute atomic E-state index is 6.39. The first-order chi connectivity index (χ1) is 11.6. The summed E-state index contributed by atoms with van der Waals surface area (Å²) < 4.78 is 8.83. The predicted octanol–water partition coefficient (Wildman–Crippen LogP) is 5.36. The van der Waals surface area contributed by atoms with Crippen LogP contribution in [-0.4, -0.2) is 9.55 Å². The maximum atomic E-state index is 6.39. The van der Waals surface area contributed by atoms with Crippen molar-refractivity contribution in [2.24, 2.45) is 0 Å². The van der Waals surface area contributed by atoms with Gasteiger partial charge in [-0.25, -0.2) is 0 Å². The minimum absolute atomic E-state index is 0.348. The topological polar surface area (TPSA) is 57.0 Å². The Kier molecular flexibility index (Phi) is 3.70. The molecule has 2 aromatic carbocycles. The number of halogens is 1. The van der Waals surface area contributed by atoms with Gasteiger partial charge in [-0.3, -0.25) is 4.57 Å². The van der Waals surface area contributed by atoms with Crippen molar-refractivity contribution in [2.45, 2.75) is 0 Å². The van der Waals surface area contributed by atoms with E-state index in [0.29, 0.717) is 22.1 Å². The molecule has 0 atom stereocenters. The standard InChI is InChI=1S/C18H12BrN3OS/c19-13-8-4-5-9-14(13)22-16(20)12-10-15(11-6-2-1-3-7-11)23-17(12)21-18(22)24/h1-10H,20H2. The van der Waals surface area contributed by atoms with Crippen molar-refractivity contribution < 1.29 is 4.42 Å². The smallest absolute Gasteiger partial charge is 0.233 e. The lowest BCUT2D eigenvalue weighted by molar-refractivity contribution is 0.616. The van der Waals surface area contributed by atoms with Crippen LogP contribution in [-0.2, 0) is 0 Å². The van der Waals surface area contributed by atoms with Crippen LogP contribution in [0.4, 0.5) is 5.82 Å². The van der Waals surface area contributed by atoms with Crippen molar-refractivity contribution >= 4 is 45.1 Å². The fourth-order valence-corrected chi connectivity index (χ4v) is 3.36. The second-order valence-corrected chi connectivity index (χ2v) is 6.48. The molecule has 0 amide bonds. The van der Waals surface area contributed by atoms with Gasteiger partial charge >= 0.3 is 0 Å². The summed E-state index contributed by atoms with van der Waals surface area (Å²) >= 11 is 8.96. The molecule has 4 nitrogen and oxygen atoms in total. The number of rotatable bonds is 2. The third-order valence-electron chi connectivity index (χ3n) is 3.77. The van der Waals surface area contributed by atoms with Gasteiger partial charge < -0.3 is 10.2 Å². The van der Waals surface area contributed by atoms with E-state index in [-0.39, 0.29) is 0 Å². The molecule has 0 radical (unpaired) electrons. The van der Waals surface area contributed by atoms with Crippen LogP contribution in [0, 0.1) is 4.77 Å². The molecule has 2 aromatic heterocycles. The highest BCUT2D eigenvalue weighted by atomic mass is 79.9. The molecule has 6 heteroatoms. The molecule has 4 rings (SSSR count). The van der Waals surface area contributed by atoms with Crippen molar-refractivity contribution in [1.29, 1.82) is 0 Å². The lowest BCUT2D eigenvalue weighted by atomic mass is 10.2. The Bertz CT molecular complexity index is 1100. The highest BCUT2D eigenvalue weighted by Gasteiger charge is 2.15. The average Bonchev–Trinajstić information content (AvgIpc) is 3.01. The zero-order valence-corrected chi connectivity index (χ0v) is 14.8. The van der Waals surface area contributed by atoms with E-state index in [1.807, 2.05) is 60.7 Å². The van der Waals surface area contributed by atoms with Crippen LogP contribution < -0.4 is 5.73 Å². The molecule has 118 valence electrons. The van der Waals surface area contributed by atoms with Crippen LogP contribution in [0.2, 0.25) is 0 Å². The van der Waals surface area contributed by atoms with Gasteiger partial charge in [0.1, 0.15) is 11.6 Å². The normalized spacial score (nSPS) is 11.0. The van der Waals surface area contributed by atoms with Crippen LogP contribution in [0.5, 0.6) is 0 Å². The second-order valence-electron chi connectivity index (χ2n) is 5.26. The molecule has 0 aliphatic rings. The van der Waals surface area contributed by atoms with Gasteiger partial charge in [-0.05, 0) is 46.3 Å². The molecular formula is C18H12BrN3OS. The molecule has 0 bridgehead atoms. The average molecular weight is 398 g/mol. The molecule has 0 spiro atoms. The summed E-state index contributed by atoms with van der Waals surface area (Å²) in [6.45, 7) is 0. The Morgan fingerprint density at radius 3 is 2.50 bits per heavy atom. The number of anilines is 1. The van der Waals surface area contributed by atoms with Gasteiger partial charge in [0.05, 0.1) is 11.1 Å². The van der Waals surface area contributed by atoms with Crippen molar-refractivity contribution in [2.75, 3.05) is 5.73 Å². The molecule has 0 aliphatic heterocycles. The van der Waals surface area contributed by atoms with Crippen LogP contribution in [0.1, 0.15) is 0 Å². The summed E-state index contributed by atoms with van der Waals surface area (Å²) in [5, 5.41) is 0.734. The Hall–Kier alpha value is -2.44. The number of furan rings is 1. The molecule has 2 N–H and O–H groups in total. The Balaban J connectivity index is 1.99. The number of hydrogen-bond donors (Lipinski definition) is 1. The first kappa shape index (κ1) is 15.1. The lowest BCUT2D eigenvalue weighted by Crippen LogP contribution is -2.07. The fraction of sp³-hybridized carbons (Fsp3) is 0. The van der Waals surface area contributed by atoms with Crippen LogP contribution in [0.25, 0.3) is 28.1 Å². The number of benzene rings is 2. The fourth-order valence-electron chi connectivity index (χ4n) is 2.62. The minimum Gasteiger partial charge on any atom is -0.437 e. The number of para-hydroxylation sites is 1. The molecule has 0 aliphatic carbocycles. The zero-order chi connectivity index (χ0) is 16.7. The van der Waals surface area contributed by atoms with Gasteiger partial charge in [0, 0.05) is 10.0 Å². The maximum Gasteiger partial charge on any atom is 0.233 e. The summed E-state index contributed by atoms with van der Waals surface area (Å²) in [6, 6.07) is 19.5.